The Morgan fingerprint density at radius 3 is 2.63 bits per heavy atom. The van der Waals surface area contributed by atoms with Crippen molar-refractivity contribution in [3.8, 4) is 0 Å². The fourth-order valence-electron chi connectivity index (χ4n) is 3.66. The minimum absolute atomic E-state index is 0.0638. The van der Waals surface area contributed by atoms with Crippen molar-refractivity contribution in [2.45, 2.75) is 20.3 Å². The number of halogens is 1. The van der Waals surface area contributed by atoms with Crippen LogP contribution in [0.4, 0.5) is 5.69 Å². The maximum atomic E-state index is 13.3. The Bertz CT molecular complexity index is 989. The lowest BCUT2D eigenvalue weighted by Crippen LogP contribution is -2.49. The van der Waals surface area contributed by atoms with Gasteiger partial charge in [-0.05, 0) is 49.2 Å². The molecule has 27 heavy (non-hydrogen) atoms. The van der Waals surface area contributed by atoms with Crippen molar-refractivity contribution in [1.29, 1.82) is 0 Å². The summed E-state index contributed by atoms with van der Waals surface area (Å²) in [7, 11) is 0. The van der Waals surface area contributed by atoms with Gasteiger partial charge in [-0.3, -0.25) is 9.20 Å². The number of rotatable bonds is 3. The van der Waals surface area contributed by atoms with E-state index >= 15 is 0 Å². The van der Waals surface area contributed by atoms with Crippen LogP contribution in [-0.2, 0) is 6.42 Å². The molecule has 1 aromatic carbocycles. The number of hydrogen-bond donors (Lipinski definition) is 0. The van der Waals surface area contributed by atoms with Gasteiger partial charge in [0.05, 0.1) is 5.69 Å². The molecule has 1 saturated heterocycles. The molecule has 6 heteroatoms. The second kappa shape index (κ2) is 7.24. The Balaban J connectivity index is 1.55. The average molecular weight is 383 g/mol. The van der Waals surface area contributed by atoms with Crippen molar-refractivity contribution in [3.63, 3.8) is 0 Å². The minimum atomic E-state index is 0.0638. The molecule has 1 amide bonds. The molecule has 0 bridgehead atoms. The zero-order valence-corrected chi connectivity index (χ0v) is 16.4. The third-order valence-electron chi connectivity index (χ3n) is 5.13. The summed E-state index contributed by atoms with van der Waals surface area (Å²) in [6, 6.07) is 11.9. The molecule has 4 rings (SSSR count). The maximum absolute atomic E-state index is 13.3. The van der Waals surface area contributed by atoms with E-state index in [1.165, 1.54) is 0 Å². The Hall–Kier alpha value is -2.53. The van der Waals surface area contributed by atoms with Crippen LogP contribution in [0.3, 0.4) is 0 Å². The second-order valence-electron chi connectivity index (χ2n) is 6.95. The van der Waals surface area contributed by atoms with Crippen LogP contribution in [-0.4, -0.2) is 46.4 Å². The molecule has 3 aromatic rings. The molecule has 0 atom stereocenters. The number of piperazine rings is 1. The summed E-state index contributed by atoms with van der Waals surface area (Å²) in [5.41, 5.74) is 4.65. The lowest BCUT2D eigenvalue weighted by atomic mass is 10.2. The van der Waals surface area contributed by atoms with E-state index in [4.69, 9.17) is 11.6 Å². The van der Waals surface area contributed by atoms with E-state index in [-0.39, 0.29) is 5.91 Å². The second-order valence-corrected chi connectivity index (χ2v) is 7.39. The van der Waals surface area contributed by atoms with Gasteiger partial charge >= 0.3 is 0 Å². The molecular formula is C21H23ClN4O. The predicted octanol–water partition coefficient (Wildman–Crippen LogP) is 3.82. The van der Waals surface area contributed by atoms with Gasteiger partial charge in [-0.1, -0.05) is 24.6 Å². The molecule has 140 valence electrons. The molecule has 2 aromatic heterocycles. The van der Waals surface area contributed by atoms with Gasteiger partial charge in [0.2, 0.25) is 0 Å². The standard InChI is InChI=1S/C21H23ClN4O/c1-3-18-20(26-8-7-15(2)13-19(26)23-18)21(27)25-11-9-24(10-12-25)17-6-4-5-16(22)14-17/h4-8,13-14H,3,9-12H2,1-2H3. The van der Waals surface area contributed by atoms with Gasteiger partial charge in [-0.15, -0.1) is 0 Å². The first-order valence-corrected chi connectivity index (χ1v) is 9.72. The molecule has 1 aliphatic heterocycles. The Labute approximate surface area is 164 Å². The van der Waals surface area contributed by atoms with Crippen molar-refractivity contribution in [1.82, 2.24) is 14.3 Å². The van der Waals surface area contributed by atoms with Gasteiger partial charge in [0.25, 0.3) is 5.91 Å². The quantitative estimate of drug-likeness (QED) is 0.691. The van der Waals surface area contributed by atoms with Gasteiger partial charge in [0, 0.05) is 43.1 Å². The van der Waals surface area contributed by atoms with E-state index in [0.29, 0.717) is 18.8 Å². The highest BCUT2D eigenvalue weighted by Crippen LogP contribution is 2.22. The molecule has 0 N–H and O–H groups in total. The van der Waals surface area contributed by atoms with Crippen LogP contribution in [0, 0.1) is 6.92 Å². The summed E-state index contributed by atoms with van der Waals surface area (Å²) in [6.45, 7) is 7.05. The molecule has 5 nitrogen and oxygen atoms in total. The number of imidazole rings is 1. The van der Waals surface area contributed by atoms with Crippen molar-refractivity contribution in [2.24, 2.45) is 0 Å². The minimum Gasteiger partial charge on any atom is -0.368 e. The molecule has 0 aliphatic carbocycles. The van der Waals surface area contributed by atoms with E-state index in [1.807, 2.05) is 59.7 Å². The molecule has 0 spiro atoms. The summed E-state index contributed by atoms with van der Waals surface area (Å²) in [5.74, 6) is 0.0638. The number of carbonyl (C=O) groups excluding carboxylic acids is 1. The van der Waals surface area contributed by atoms with Crippen LogP contribution in [0.1, 0.15) is 28.7 Å². The van der Waals surface area contributed by atoms with Crippen LogP contribution in [0.15, 0.2) is 42.6 Å². The Kier molecular flexibility index (Phi) is 4.79. The smallest absolute Gasteiger partial charge is 0.272 e. The fourth-order valence-corrected chi connectivity index (χ4v) is 3.84. The van der Waals surface area contributed by atoms with Crippen LogP contribution in [0.25, 0.3) is 5.65 Å². The molecule has 0 radical (unpaired) electrons. The topological polar surface area (TPSA) is 40.9 Å². The first-order chi connectivity index (χ1) is 13.1. The van der Waals surface area contributed by atoms with Gasteiger partial charge in [0.1, 0.15) is 11.3 Å². The zero-order valence-electron chi connectivity index (χ0n) is 15.7. The van der Waals surface area contributed by atoms with E-state index in [1.54, 1.807) is 0 Å². The van der Waals surface area contributed by atoms with E-state index < -0.39 is 0 Å². The van der Waals surface area contributed by atoms with Gasteiger partial charge in [-0.2, -0.15) is 0 Å². The van der Waals surface area contributed by atoms with E-state index in [9.17, 15) is 4.79 Å². The van der Waals surface area contributed by atoms with Crippen LogP contribution in [0.5, 0.6) is 0 Å². The van der Waals surface area contributed by atoms with Gasteiger partial charge in [-0.25, -0.2) is 4.98 Å². The molecule has 1 aliphatic rings. The summed E-state index contributed by atoms with van der Waals surface area (Å²) >= 11 is 6.11. The summed E-state index contributed by atoms with van der Waals surface area (Å²) in [4.78, 5) is 22.1. The number of nitrogens with zero attached hydrogens (tertiary/aromatic N) is 4. The largest absolute Gasteiger partial charge is 0.368 e. The Morgan fingerprint density at radius 2 is 1.93 bits per heavy atom. The lowest BCUT2D eigenvalue weighted by Gasteiger charge is -2.36. The zero-order chi connectivity index (χ0) is 19.0. The SMILES string of the molecule is CCc1nc2cc(C)ccn2c1C(=O)N1CCN(c2cccc(Cl)c2)CC1. The van der Waals surface area contributed by atoms with Crippen LogP contribution < -0.4 is 4.90 Å². The van der Waals surface area contributed by atoms with Crippen molar-refractivity contribution in [2.75, 3.05) is 31.1 Å². The van der Waals surface area contributed by atoms with Crippen LogP contribution >= 0.6 is 11.6 Å². The number of amides is 1. The third-order valence-corrected chi connectivity index (χ3v) is 5.37. The normalized spacial score (nSPS) is 14.8. The average Bonchev–Trinajstić information content (AvgIpc) is 3.05. The van der Waals surface area contributed by atoms with Crippen LogP contribution in [0.2, 0.25) is 5.02 Å². The fraction of sp³-hybridized carbons (Fsp3) is 0.333. The summed E-state index contributed by atoms with van der Waals surface area (Å²) in [5, 5.41) is 0.736. The summed E-state index contributed by atoms with van der Waals surface area (Å²) < 4.78 is 1.93. The molecule has 0 saturated carbocycles. The van der Waals surface area contributed by atoms with E-state index in [2.05, 4.69) is 16.0 Å². The highest BCUT2D eigenvalue weighted by Gasteiger charge is 2.27. The summed E-state index contributed by atoms with van der Waals surface area (Å²) in [6.07, 6.45) is 2.69. The highest BCUT2D eigenvalue weighted by atomic mass is 35.5. The number of pyridine rings is 1. The van der Waals surface area contributed by atoms with Crippen molar-refractivity contribution < 1.29 is 4.79 Å². The number of anilines is 1. The van der Waals surface area contributed by atoms with E-state index in [0.717, 1.165) is 47.1 Å². The van der Waals surface area contributed by atoms with Gasteiger partial charge in [0.15, 0.2) is 0 Å². The predicted molar refractivity (Wildman–Crippen MR) is 109 cm³/mol. The van der Waals surface area contributed by atoms with Gasteiger partial charge < -0.3 is 9.80 Å². The monoisotopic (exact) mass is 382 g/mol. The van der Waals surface area contributed by atoms with Crippen molar-refractivity contribution in [3.05, 3.63) is 64.6 Å². The molecule has 0 unspecified atom stereocenters. The molecular weight excluding hydrogens is 360 g/mol. The number of benzene rings is 1. The maximum Gasteiger partial charge on any atom is 0.272 e. The van der Waals surface area contributed by atoms with Crippen molar-refractivity contribution >= 4 is 28.8 Å². The number of fused-ring (bicyclic) bond motifs is 1. The Morgan fingerprint density at radius 1 is 1.15 bits per heavy atom. The number of carbonyl (C=O) groups is 1. The highest BCUT2D eigenvalue weighted by molar-refractivity contribution is 6.30. The first-order valence-electron chi connectivity index (χ1n) is 9.34. The molecule has 3 heterocycles. The number of hydrogen-bond acceptors (Lipinski definition) is 3. The lowest BCUT2D eigenvalue weighted by molar-refractivity contribution is 0.0738. The third kappa shape index (κ3) is 3.39. The number of aromatic nitrogens is 2. The molecule has 1 fully saturated rings. The first kappa shape index (κ1) is 17.9. The number of aryl methyl sites for hydroxylation is 2.